The monoisotopic (exact) mass is 264 g/mol. The summed E-state index contributed by atoms with van der Waals surface area (Å²) in [6.07, 6.45) is 3.48. The highest BCUT2D eigenvalue weighted by molar-refractivity contribution is 5.40. The zero-order valence-corrected chi connectivity index (χ0v) is 11.5. The van der Waals surface area contributed by atoms with Gasteiger partial charge in [0.1, 0.15) is 11.5 Å². The van der Waals surface area contributed by atoms with Crippen molar-refractivity contribution in [1.82, 2.24) is 4.90 Å². The lowest BCUT2D eigenvalue weighted by Gasteiger charge is -2.36. The summed E-state index contributed by atoms with van der Waals surface area (Å²) >= 11 is 0. The van der Waals surface area contributed by atoms with Crippen LogP contribution in [0.5, 0.6) is 11.5 Å². The Hall–Kier alpha value is -1.26. The van der Waals surface area contributed by atoms with Crippen molar-refractivity contribution in [3.8, 4) is 11.5 Å². The zero-order valence-electron chi connectivity index (χ0n) is 11.5. The normalized spacial score (nSPS) is 19.5. The van der Waals surface area contributed by atoms with Crippen LogP contribution in [0.15, 0.2) is 18.2 Å². The smallest absolute Gasteiger partial charge is 0.124 e. The lowest BCUT2D eigenvalue weighted by molar-refractivity contribution is 0.137. The number of piperidine rings is 1. The highest BCUT2D eigenvalue weighted by Crippen LogP contribution is 2.33. The van der Waals surface area contributed by atoms with Crippen LogP contribution in [-0.4, -0.2) is 34.7 Å². The average molecular weight is 264 g/mol. The van der Waals surface area contributed by atoms with Crippen LogP contribution >= 0.6 is 0 Å². The van der Waals surface area contributed by atoms with Gasteiger partial charge in [-0.05, 0) is 57.8 Å². The van der Waals surface area contributed by atoms with Crippen LogP contribution in [0.3, 0.4) is 0 Å². The van der Waals surface area contributed by atoms with Gasteiger partial charge in [0, 0.05) is 17.7 Å². The Kier molecular flexibility index (Phi) is 4.66. The fourth-order valence-corrected chi connectivity index (χ4v) is 2.95. The van der Waals surface area contributed by atoms with E-state index in [4.69, 9.17) is 5.73 Å². The number of rotatable bonds is 4. The Balaban J connectivity index is 1.99. The fourth-order valence-electron chi connectivity index (χ4n) is 2.95. The number of phenols is 2. The first-order chi connectivity index (χ1) is 9.11. The molecule has 4 heteroatoms. The van der Waals surface area contributed by atoms with Crippen molar-refractivity contribution in [3.05, 3.63) is 23.8 Å². The van der Waals surface area contributed by atoms with Gasteiger partial charge in [0.2, 0.25) is 0 Å². The summed E-state index contributed by atoms with van der Waals surface area (Å²) in [6.45, 7) is 4.98. The van der Waals surface area contributed by atoms with E-state index in [1.807, 2.05) is 0 Å². The van der Waals surface area contributed by atoms with Gasteiger partial charge in [-0.1, -0.05) is 6.07 Å². The van der Waals surface area contributed by atoms with Gasteiger partial charge in [0.15, 0.2) is 0 Å². The van der Waals surface area contributed by atoms with E-state index in [2.05, 4.69) is 11.8 Å². The molecule has 0 radical (unpaired) electrons. The van der Waals surface area contributed by atoms with E-state index >= 15 is 0 Å². The summed E-state index contributed by atoms with van der Waals surface area (Å²) in [4.78, 5) is 2.39. The SMILES string of the molecule is CC(c1ccc(O)cc1O)N1CCC(CCN)CC1. The number of aromatic hydroxyl groups is 2. The van der Waals surface area contributed by atoms with Gasteiger partial charge >= 0.3 is 0 Å². The van der Waals surface area contributed by atoms with Crippen LogP contribution in [0.25, 0.3) is 0 Å². The minimum absolute atomic E-state index is 0.107. The summed E-state index contributed by atoms with van der Waals surface area (Å²) in [5.74, 6) is 1.04. The molecule has 1 heterocycles. The van der Waals surface area contributed by atoms with Crippen molar-refractivity contribution >= 4 is 0 Å². The maximum Gasteiger partial charge on any atom is 0.124 e. The van der Waals surface area contributed by atoms with Gasteiger partial charge in [-0.15, -0.1) is 0 Å². The summed E-state index contributed by atoms with van der Waals surface area (Å²) in [5, 5.41) is 19.3. The molecule has 1 unspecified atom stereocenters. The molecule has 19 heavy (non-hydrogen) atoms. The summed E-state index contributed by atoms with van der Waals surface area (Å²) in [6, 6.07) is 5.03. The van der Waals surface area contributed by atoms with E-state index in [0.29, 0.717) is 0 Å². The number of nitrogens with two attached hydrogens (primary N) is 1. The van der Waals surface area contributed by atoms with Gasteiger partial charge in [-0.3, -0.25) is 4.90 Å². The zero-order chi connectivity index (χ0) is 13.8. The van der Waals surface area contributed by atoms with E-state index in [0.717, 1.165) is 37.5 Å². The quantitative estimate of drug-likeness (QED) is 0.780. The van der Waals surface area contributed by atoms with Crippen molar-refractivity contribution < 1.29 is 10.2 Å². The predicted molar refractivity (Wildman–Crippen MR) is 76.2 cm³/mol. The number of phenolic OH excluding ortho intramolecular Hbond substituents is 2. The molecule has 1 aliphatic rings. The molecule has 0 bridgehead atoms. The molecule has 0 aliphatic carbocycles. The molecule has 1 aliphatic heterocycles. The van der Waals surface area contributed by atoms with Crippen LogP contribution in [-0.2, 0) is 0 Å². The third-order valence-corrected chi connectivity index (χ3v) is 4.24. The van der Waals surface area contributed by atoms with Crippen molar-refractivity contribution in [2.24, 2.45) is 11.7 Å². The summed E-state index contributed by atoms with van der Waals surface area (Å²) in [7, 11) is 0. The predicted octanol–water partition coefficient (Wildman–Crippen LogP) is 2.22. The van der Waals surface area contributed by atoms with E-state index in [1.165, 1.54) is 18.9 Å². The number of hydrogen-bond donors (Lipinski definition) is 3. The van der Waals surface area contributed by atoms with Gasteiger partial charge in [-0.25, -0.2) is 0 Å². The number of hydrogen-bond acceptors (Lipinski definition) is 4. The van der Waals surface area contributed by atoms with Crippen molar-refractivity contribution in [2.45, 2.75) is 32.2 Å². The molecular formula is C15H24N2O2. The molecule has 0 saturated carbocycles. The molecule has 106 valence electrons. The topological polar surface area (TPSA) is 69.7 Å². The summed E-state index contributed by atoms with van der Waals surface area (Å²) in [5.41, 5.74) is 6.49. The van der Waals surface area contributed by atoms with Crippen molar-refractivity contribution in [2.75, 3.05) is 19.6 Å². The molecule has 4 N–H and O–H groups in total. The molecule has 0 amide bonds. The minimum Gasteiger partial charge on any atom is -0.508 e. The molecule has 1 fully saturated rings. The molecule has 4 nitrogen and oxygen atoms in total. The van der Waals surface area contributed by atoms with Crippen molar-refractivity contribution in [3.63, 3.8) is 0 Å². The third-order valence-electron chi connectivity index (χ3n) is 4.24. The first kappa shape index (κ1) is 14.2. The summed E-state index contributed by atoms with van der Waals surface area (Å²) < 4.78 is 0. The second-order valence-corrected chi connectivity index (χ2v) is 5.48. The average Bonchev–Trinajstić information content (AvgIpc) is 2.39. The molecule has 0 spiro atoms. The standard InChI is InChI=1S/C15H24N2O2/c1-11(14-3-2-13(18)10-15(14)19)17-8-5-12(4-7-16)6-9-17/h2-3,10-12,18-19H,4-9,16H2,1H3. The lowest BCUT2D eigenvalue weighted by atomic mass is 9.92. The Bertz CT molecular complexity index is 415. The van der Waals surface area contributed by atoms with Crippen LogP contribution in [0.4, 0.5) is 0 Å². The highest BCUT2D eigenvalue weighted by Gasteiger charge is 2.24. The van der Waals surface area contributed by atoms with Crippen LogP contribution in [0.1, 0.15) is 37.8 Å². The van der Waals surface area contributed by atoms with E-state index < -0.39 is 0 Å². The highest BCUT2D eigenvalue weighted by atomic mass is 16.3. The number of benzene rings is 1. The number of likely N-dealkylation sites (tertiary alicyclic amines) is 1. The molecule has 1 aromatic carbocycles. The minimum atomic E-state index is 0.107. The fraction of sp³-hybridized carbons (Fsp3) is 0.600. The molecule has 2 rings (SSSR count). The largest absolute Gasteiger partial charge is 0.508 e. The second kappa shape index (κ2) is 6.26. The Morgan fingerprint density at radius 3 is 2.58 bits per heavy atom. The van der Waals surface area contributed by atoms with Crippen molar-refractivity contribution in [1.29, 1.82) is 0 Å². The van der Waals surface area contributed by atoms with Gasteiger partial charge in [0.05, 0.1) is 0 Å². The molecular weight excluding hydrogens is 240 g/mol. The maximum absolute atomic E-state index is 9.93. The number of nitrogens with zero attached hydrogens (tertiary/aromatic N) is 1. The Labute approximate surface area is 114 Å². The Morgan fingerprint density at radius 1 is 1.32 bits per heavy atom. The van der Waals surface area contributed by atoms with Gasteiger partial charge in [0.25, 0.3) is 0 Å². The molecule has 1 aromatic rings. The van der Waals surface area contributed by atoms with Gasteiger partial charge < -0.3 is 15.9 Å². The lowest BCUT2D eigenvalue weighted by Crippen LogP contribution is -2.36. The second-order valence-electron chi connectivity index (χ2n) is 5.48. The van der Waals surface area contributed by atoms with Crippen LogP contribution < -0.4 is 5.73 Å². The maximum atomic E-state index is 9.93. The molecule has 1 atom stereocenters. The molecule has 0 aromatic heterocycles. The van der Waals surface area contributed by atoms with Crippen LogP contribution in [0, 0.1) is 5.92 Å². The van der Waals surface area contributed by atoms with Gasteiger partial charge in [-0.2, -0.15) is 0 Å². The van der Waals surface area contributed by atoms with Crippen LogP contribution in [0.2, 0.25) is 0 Å². The molecule has 1 saturated heterocycles. The first-order valence-corrected chi connectivity index (χ1v) is 7.07. The first-order valence-electron chi connectivity index (χ1n) is 7.07. The van der Waals surface area contributed by atoms with E-state index in [9.17, 15) is 10.2 Å². The Morgan fingerprint density at radius 2 is 2.00 bits per heavy atom. The van der Waals surface area contributed by atoms with E-state index in [-0.39, 0.29) is 17.5 Å². The van der Waals surface area contributed by atoms with E-state index in [1.54, 1.807) is 12.1 Å². The third kappa shape index (κ3) is 3.39.